The molecular formula is C25H27F2N7. The molecule has 5 heterocycles. The summed E-state index contributed by atoms with van der Waals surface area (Å²) in [5.74, 6) is -0.493. The van der Waals surface area contributed by atoms with Crippen LogP contribution >= 0.6 is 0 Å². The second-order valence-corrected chi connectivity index (χ2v) is 7.84. The van der Waals surface area contributed by atoms with Crippen molar-refractivity contribution in [2.75, 3.05) is 11.9 Å². The van der Waals surface area contributed by atoms with E-state index in [9.17, 15) is 8.78 Å². The summed E-state index contributed by atoms with van der Waals surface area (Å²) >= 11 is 0. The Bertz CT molecular complexity index is 1380. The lowest BCUT2D eigenvalue weighted by atomic mass is 10.1. The average Bonchev–Trinajstić information content (AvgIpc) is 3.18. The van der Waals surface area contributed by atoms with Crippen LogP contribution in [0.2, 0.25) is 0 Å². The maximum Gasteiger partial charge on any atom is 0.229 e. The van der Waals surface area contributed by atoms with E-state index in [4.69, 9.17) is 0 Å². The van der Waals surface area contributed by atoms with E-state index in [0.29, 0.717) is 17.2 Å². The standard InChI is InChI=1S/C23H21F2N7.C2H6/c1-12(2)21-13(3)28-22-16(24)8-15(11-32(21)22)20-17(25)10-27-23(31-20)30-19-5-4-14-9-26-7-6-18(14)29-19;1-2/h4-5,8,10-11,26H,1,6-7,9H2,2-3H3,(H,27,29,30,31);1-2H3. The van der Waals surface area contributed by atoms with Crippen molar-refractivity contribution < 1.29 is 8.78 Å². The summed E-state index contributed by atoms with van der Waals surface area (Å²) < 4.78 is 31.1. The zero-order valence-electron chi connectivity index (χ0n) is 19.7. The van der Waals surface area contributed by atoms with Gasteiger partial charge in [-0.15, -0.1) is 0 Å². The molecule has 2 N–H and O–H groups in total. The van der Waals surface area contributed by atoms with Gasteiger partial charge in [0.05, 0.1) is 17.6 Å². The molecule has 0 amide bonds. The van der Waals surface area contributed by atoms with Crippen molar-refractivity contribution in [3.05, 3.63) is 71.5 Å². The first kappa shape index (κ1) is 23.4. The molecule has 9 heteroatoms. The number of nitrogens with zero attached hydrogens (tertiary/aromatic N) is 5. The van der Waals surface area contributed by atoms with Crippen LogP contribution in [0.5, 0.6) is 0 Å². The van der Waals surface area contributed by atoms with Gasteiger partial charge in [0.1, 0.15) is 11.5 Å². The predicted molar refractivity (Wildman–Crippen MR) is 130 cm³/mol. The second kappa shape index (κ2) is 9.64. The van der Waals surface area contributed by atoms with Gasteiger partial charge >= 0.3 is 0 Å². The Kier molecular flexibility index (Phi) is 6.65. The highest BCUT2D eigenvalue weighted by molar-refractivity contribution is 5.69. The Morgan fingerprint density at radius 2 is 1.94 bits per heavy atom. The van der Waals surface area contributed by atoms with Crippen molar-refractivity contribution in [2.24, 2.45) is 0 Å². The van der Waals surface area contributed by atoms with Gasteiger partial charge in [-0.1, -0.05) is 26.5 Å². The molecule has 0 spiro atoms. The smallest absolute Gasteiger partial charge is 0.229 e. The molecule has 7 nitrogen and oxygen atoms in total. The molecule has 176 valence electrons. The number of aromatic nitrogens is 5. The van der Waals surface area contributed by atoms with Gasteiger partial charge in [0.25, 0.3) is 0 Å². The SMILES string of the molecule is C=C(C)c1c(C)nc2c(F)cc(-c3nc(Nc4ccc5c(n4)CCNC5)ncc3F)cn12.CC. The lowest BCUT2D eigenvalue weighted by Crippen LogP contribution is -2.24. The predicted octanol–water partition coefficient (Wildman–Crippen LogP) is 5.22. The number of allylic oxidation sites excluding steroid dienone is 1. The summed E-state index contributed by atoms with van der Waals surface area (Å²) in [6.07, 6.45) is 3.50. The fraction of sp³-hybridized carbons (Fsp3) is 0.280. The summed E-state index contributed by atoms with van der Waals surface area (Å²) in [6.45, 7) is 13.2. The molecule has 5 rings (SSSR count). The normalized spacial score (nSPS) is 12.6. The number of hydrogen-bond donors (Lipinski definition) is 2. The van der Waals surface area contributed by atoms with Crippen LogP contribution in [0.15, 0.2) is 37.2 Å². The molecule has 0 saturated heterocycles. The molecule has 34 heavy (non-hydrogen) atoms. The van der Waals surface area contributed by atoms with Gasteiger partial charge in [-0.3, -0.25) is 4.40 Å². The van der Waals surface area contributed by atoms with Crippen LogP contribution in [-0.2, 0) is 13.0 Å². The largest absolute Gasteiger partial charge is 0.312 e. The number of hydrogen-bond acceptors (Lipinski definition) is 6. The molecule has 0 aliphatic carbocycles. The molecule has 0 aromatic carbocycles. The van der Waals surface area contributed by atoms with Crippen LogP contribution < -0.4 is 10.6 Å². The summed E-state index contributed by atoms with van der Waals surface area (Å²) in [5.41, 5.74) is 4.61. The number of rotatable bonds is 4. The fourth-order valence-electron chi connectivity index (χ4n) is 4.01. The number of halogens is 2. The number of imidazole rings is 1. The van der Waals surface area contributed by atoms with Crippen molar-refractivity contribution in [3.8, 4) is 11.3 Å². The highest BCUT2D eigenvalue weighted by Gasteiger charge is 2.18. The lowest BCUT2D eigenvalue weighted by Gasteiger charge is -2.17. The van der Waals surface area contributed by atoms with Crippen molar-refractivity contribution in [1.82, 2.24) is 29.7 Å². The van der Waals surface area contributed by atoms with Crippen molar-refractivity contribution in [1.29, 1.82) is 0 Å². The third kappa shape index (κ3) is 4.38. The van der Waals surface area contributed by atoms with Gasteiger partial charge in [0.15, 0.2) is 17.3 Å². The monoisotopic (exact) mass is 463 g/mol. The zero-order chi connectivity index (χ0) is 24.4. The van der Waals surface area contributed by atoms with Gasteiger partial charge in [-0.05, 0) is 37.1 Å². The Morgan fingerprint density at radius 1 is 1.15 bits per heavy atom. The minimum Gasteiger partial charge on any atom is -0.312 e. The minimum absolute atomic E-state index is 0.0236. The highest BCUT2D eigenvalue weighted by atomic mass is 19.1. The number of anilines is 2. The maximum atomic E-state index is 14.8. The van der Waals surface area contributed by atoms with Gasteiger partial charge in [-0.2, -0.15) is 0 Å². The number of aryl methyl sites for hydroxylation is 1. The van der Waals surface area contributed by atoms with Gasteiger partial charge in [-0.25, -0.2) is 28.7 Å². The van der Waals surface area contributed by atoms with Gasteiger partial charge in [0, 0.05) is 37.0 Å². The second-order valence-electron chi connectivity index (χ2n) is 7.84. The minimum atomic E-state index is -0.660. The number of nitrogens with one attached hydrogen (secondary N) is 2. The lowest BCUT2D eigenvalue weighted by molar-refractivity contribution is 0.616. The average molecular weight is 464 g/mol. The fourth-order valence-corrected chi connectivity index (χ4v) is 4.01. The Hall–Kier alpha value is -3.72. The van der Waals surface area contributed by atoms with Crippen LogP contribution in [0.4, 0.5) is 20.5 Å². The summed E-state index contributed by atoms with van der Waals surface area (Å²) in [4.78, 5) is 17.2. The molecule has 4 aromatic rings. The first-order valence-electron chi connectivity index (χ1n) is 11.2. The summed E-state index contributed by atoms with van der Waals surface area (Å²) in [7, 11) is 0. The van der Waals surface area contributed by atoms with Crippen molar-refractivity contribution in [3.63, 3.8) is 0 Å². The number of pyridine rings is 2. The Morgan fingerprint density at radius 3 is 2.71 bits per heavy atom. The third-order valence-corrected chi connectivity index (χ3v) is 5.43. The number of fused-ring (bicyclic) bond motifs is 2. The first-order chi connectivity index (χ1) is 16.4. The maximum absolute atomic E-state index is 14.8. The molecule has 0 bridgehead atoms. The van der Waals surface area contributed by atoms with E-state index >= 15 is 0 Å². The molecule has 1 aliphatic rings. The molecule has 0 saturated carbocycles. The molecular weight excluding hydrogens is 436 g/mol. The van der Waals surface area contributed by atoms with Crippen LogP contribution in [0.3, 0.4) is 0 Å². The summed E-state index contributed by atoms with van der Waals surface area (Å²) in [5, 5.41) is 6.33. The molecule has 1 aliphatic heterocycles. The van der Waals surface area contributed by atoms with E-state index < -0.39 is 11.6 Å². The van der Waals surface area contributed by atoms with Crippen LogP contribution in [0, 0.1) is 18.6 Å². The Balaban J connectivity index is 0.00000133. The molecule has 4 aromatic heterocycles. The highest BCUT2D eigenvalue weighted by Crippen LogP contribution is 2.28. The van der Waals surface area contributed by atoms with Gasteiger partial charge in [0.2, 0.25) is 5.95 Å². The van der Waals surface area contributed by atoms with E-state index in [1.165, 1.54) is 6.07 Å². The van der Waals surface area contributed by atoms with Crippen LogP contribution in [-0.4, -0.2) is 30.9 Å². The van der Waals surface area contributed by atoms with Gasteiger partial charge < -0.3 is 10.6 Å². The van der Waals surface area contributed by atoms with E-state index in [0.717, 1.165) is 42.5 Å². The van der Waals surface area contributed by atoms with E-state index in [2.05, 4.69) is 37.1 Å². The molecule has 0 unspecified atom stereocenters. The van der Waals surface area contributed by atoms with E-state index in [1.807, 2.05) is 32.9 Å². The molecule has 0 atom stereocenters. The molecule has 0 fully saturated rings. The van der Waals surface area contributed by atoms with E-state index in [-0.39, 0.29) is 22.9 Å². The molecule has 0 radical (unpaired) electrons. The Labute approximate surface area is 197 Å². The van der Waals surface area contributed by atoms with Crippen molar-refractivity contribution in [2.45, 2.75) is 40.7 Å². The van der Waals surface area contributed by atoms with Crippen LogP contribution in [0.1, 0.15) is 43.4 Å². The third-order valence-electron chi connectivity index (χ3n) is 5.43. The van der Waals surface area contributed by atoms with Crippen LogP contribution in [0.25, 0.3) is 22.5 Å². The first-order valence-corrected chi connectivity index (χ1v) is 11.2. The zero-order valence-corrected chi connectivity index (χ0v) is 19.7. The summed E-state index contributed by atoms with van der Waals surface area (Å²) in [6, 6.07) is 5.05. The quantitative estimate of drug-likeness (QED) is 0.432. The van der Waals surface area contributed by atoms with Crippen molar-refractivity contribution >= 4 is 23.0 Å². The van der Waals surface area contributed by atoms with E-state index in [1.54, 1.807) is 17.5 Å². The topological polar surface area (TPSA) is 80.0 Å².